The first-order valence-electron chi connectivity index (χ1n) is 11.5. The maximum atomic E-state index is 4.01. The SMILES string of the molecule is CC1=C(CC2=C(C)Cc3c2cc2sc(C)c(C)c2c3Br)c2cc3sc(C)c(C)c3c(Br)c2C1. The van der Waals surface area contributed by atoms with Gasteiger partial charge in [0.25, 0.3) is 0 Å². The Morgan fingerprint density at radius 1 is 0.667 bits per heavy atom. The molecule has 0 nitrogen and oxygen atoms in total. The molecule has 0 fully saturated rings. The maximum Gasteiger partial charge on any atom is 0.0365 e. The lowest BCUT2D eigenvalue weighted by Gasteiger charge is -2.13. The van der Waals surface area contributed by atoms with Crippen molar-refractivity contribution in [1.82, 2.24) is 0 Å². The molecule has 0 aliphatic heterocycles. The van der Waals surface area contributed by atoms with E-state index in [4.69, 9.17) is 0 Å². The Labute approximate surface area is 220 Å². The fraction of sp³-hybridized carbons (Fsp3) is 0.310. The lowest BCUT2D eigenvalue weighted by atomic mass is 9.92. The van der Waals surface area contributed by atoms with Gasteiger partial charge in [-0.25, -0.2) is 0 Å². The molecule has 0 saturated heterocycles. The molecule has 0 N–H and O–H groups in total. The van der Waals surface area contributed by atoms with Crippen LogP contribution in [0.4, 0.5) is 0 Å². The third kappa shape index (κ3) is 3.10. The Morgan fingerprint density at radius 3 is 1.45 bits per heavy atom. The summed E-state index contributed by atoms with van der Waals surface area (Å²) < 4.78 is 5.46. The molecule has 0 unspecified atom stereocenters. The summed E-state index contributed by atoms with van der Waals surface area (Å²) in [5.41, 5.74) is 14.9. The van der Waals surface area contributed by atoms with Crippen LogP contribution in [0.2, 0.25) is 0 Å². The number of thiophene rings is 2. The normalized spacial score (nSPS) is 15.5. The van der Waals surface area contributed by atoms with E-state index >= 15 is 0 Å². The standard InChI is InChI=1S/C29H26Br2S2/c1-12-7-22-20(10-24-26(28(22)30)14(3)16(5)32-24)18(12)9-19-13(2)8-23-21(19)11-25-27(29(23)31)15(4)17(6)33-25/h10-11H,7-9H2,1-6H3. The molecule has 2 heterocycles. The van der Waals surface area contributed by atoms with E-state index in [9.17, 15) is 0 Å². The summed E-state index contributed by atoms with van der Waals surface area (Å²) in [7, 11) is 0. The molecule has 2 aromatic heterocycles. The molecule has 33 heavy (non-hydrogen) atoms. The molecule has 168 valence electrons. The molecule has 6 rings (SSSR count). The number of benzene rings is 2. The van der Waals surface area contributed by atoms with Gasteiger partial charge in [-0.2, -0.15) is 0 Å². The Hall–Kier alpha value is -1.20. The number of aryl methyl sites for hydroxylation is 4. The average Bonchev–Trinajstić information content (AvgIpc) is 3.43. The smallest absolute Gasteiger partial charge is 0.0365 e. The van der Waals surface area contributed by atoms with Gasteiger partial charge in [0.05, 0.1) is 0 Å². The van der Waals surface area contributed by atoms with Gasteiger partial charge in [-0.1, -0.05) is 11.1 Å². The highest BCUT2D eigenvalue weighted by Gasteiger charge is 2.29. The van der Waals surface area contributed by atoms with E-state index in [0.717, 1.165) is 19.3 Å². The van der Waals surface area contributed by atoms with E-state index < -0.39 is 0 Å². The van der Waals surface area contributed by atoms with Crippen molar-refractivity contribution in [2.24, 2.45) is 0 Å². The van der Waals surface area contributed by atoms with Crippen LogP contribution < -0.4 is 0 Å². The number of rotatable bonds is 2. The van der Waals surface area contributed by atoms with Crippen molar-refractivity contribution in [2.75, 3.05) is 0 Å². The molecule has 0 spiro atoms. The van der Waals surface area contributed by atoms with Crippen LogP contribution in [0.25, 0.3) is 31.3 Å². The number of fused-ring (bicyclic) bond motifs is 4. The minimum Gasteiger partial charge on any atom is -0.140 e. The first-order valence-corrected chi connectivity index (χ1v) is 14.7. The van der Waals surface area contributed by atoms with E-state index in [1.54, 1.807) is 0 Å². The van der Waals surface area contributed by atoms with Gasteiger partial charge < -0.3 is 0 Å². The second kappa shape index (κ2) is 7.65. The molecule has 0 amide bonds. The zero-order valence-corrected chi connectivity index (χ0v) is 24.7. The zero-order valence-electron chi connectivity index (χ0n) is 19.8. The summed E-state index contributed by atoms with van der Waals surface area (Å²) in [4.78, 5) is 2.85. The van der Waals surface area contributed by atoms with E-state index in [-0.39, 0.29) is 0 Å². The summed E-state index contributed by atoms with van der Waals surface area (Å²) >= 11 is 11.9. The zero-order chi connectivity index (χ0) is 23.3. The van der Waals surface area contributed by atoms with Crippen LogP contribution in [0, 0.1) is 27.7 Å². The third-order valence-electron chi connectivity index (χ3n) is 7.91. The highest BCUT2D eigenvalue weighted by molar-refractivity contribution is 9.11. The van der Waals surface area contributed by atoms with Crippen LogP contribution in [0.15, 0.2) is 32.2 Å². The fourth-order valence-electron chi connectivity index (χ4n) is 5.79. The van der Waals surface area contributed by atoms with Crippen molar-refractivity contribution in [3.8, 4) is 0 Å². The quantitative estimate of drug-likeness (QED) is 0.215. The van der Waals surface area contributed by atoms with Crippen molar-refractivity contribution >= 4 is 85.9 Å². The van der Waals surface area contributed by atoms with Crippen LogP contribution >= 0.6 is 54.5 Å². The fourth-order valence-corrected chi connectivity index (χ4v) is 10.0. The van der Waals surface area contributed by atoms with Crippen molar-refractivity contribution in [1.29, 1.82) is 0 Å². The number of halogens is 2. The minimum atomic E-state index is 1.03. The van der Waals surface area contributed by atoms with Crippen molar-refractivity contribution in [2.45, 2.75) is 60.8 Å². The average molecular weight is 598 g/mol. The molecule has 2 aliphatic carbocycles. The van der Waals surface area contributed by atoms with Crippen molar-refractivity contribution in [3.63, 3.8) is 0 Å². The molecule has 2 aromatic carbocycles. The van der Waals surface area contributed by atoms with Crippen LogP contribution in [0.5, 0.6) is 0 Å². The lowest BCUT2D eigenvalue weighted by Crippen LogP contribution is -1.92. The van der Waals surface area contributed by atoms with Crippen LogP contribution in [0.3, 0.4) is 0 Å². The van der Waals surface area contributed by atoms with Crippen LogP contribution in [-0.4, -0.2) is 0 Å². The van der Waals surface area contributed by atoms with E-state index in [1.807, 2.05) is 22.7 Å². The summed E-state index contributed by atoms with van der Waals surface area (Å²) in [5, 5.41) is 2.84. The Morgan fingerprint density at radius 2 is 1.06 bits per heavy atom. The van der Waals surface area contributed by atoms with Crippen molar-refractivity contribution < 1.29 is 0 Å². The summed E-state index contributed by atoms with van der Waals surface area (Å²) in [6, 6.07) is 4.95. The largest absolute Gasteiger partial charge is 0.140 e. The maximum absolute atomic E-state index is 4.01. The van der Waals surface area contributed by atoms with Gasteiger partial charge >= 0.3 is 0 Å². The van der Waals surface area contributed by atoms with Crippen LogP contribution in [0.1, 0.15) is 63.4 Å². The molecular formula is C29H26Br2S2. The Bertz CT molecular complexity index is 1480. The molecule has 0 bridgehead atoms. The van der Waals surface area contributed by atoms with Gasteiger partial charge in [-0.05, 0) is 149 Å². The predicted molar refractivity (Wildman–Crippen MR) is 155 cm³/mol. The Balaban J connectivity index is 1.48. The molecule has 0 saturated carbocycles. The summed E-state index contributed by atoms with van der Waals surface area (Å²) in [6.07, 6.45) is 3.14. The highest BCUT2D eigenvalue weighted by atomic mass is 79.9. The number of hydrogen-bond acceptors (Lipinski definition) is 2. The molecule has 2 aliphatic rings. The van der Waals surface area contributed by atoms with Gasteiger partial charge in [-0.3, -0.25) is 0 Å². The Kier molecular flexibility index (Phi) is 5.16. The van der Waals surface area contributed by atoms with Gasteiger partial charge in [0.2, 0.25) is 0 Å². The monoisotopic (exact) mass is 596 g/mol. The number of allylic oxidation sites excluding steroid dienone is 4. The van der Waals surface area contributed by atoms with Gasteiger partial charge in [0.15, 0.2) is 0 Å². The van der Waals surface area contributed by atoms with E-state index in [2.05, 4.69) is 85.5 Å². The minimum absolute atomic E-state index is 1.03. The van der Waals surface area contributed by atoms with Gasteiger partial charge in [0.1, 0.15) is 0 Å². The first-order chi connectivity index (χ1) is 15.7. The topological polar surface area (TPSA) is 0 Å². The highest BCUT2D eigenvalue weighted by Crippen LogP contribution is 2.51. The molecule has 0 radical (unpaired) electrons. The van der Waals surface area contributed by atoms with Crippen LogP contribution in [-0.2, 0) is 12.8 Å². The second-order valence-corrected chi connectivity index (χ2v) is 13.9. The van der Waals surface area contributed by atoms with Crippen molar-refractivity contribution in [3.05, 3.63) is 75.4 Å². The van der Waals surface area contributed by atoms with E-state index in [0.29, 0.717) is 0 Å². The molecule has 4 heteroatoms. The molecule has 4 aromatic rings. The van der Waals surface area contributed by atoms with Gasteiger partial charge in [-0.15, -0.1) is 22.7 Å². The molecular weight excluding hydrogens is 572 g/mol. The third-order valence-corrected chi connectivity index (χ3v) is 12.0. The van der Waals surface area contributed by atoms with Gasteiger partial charge in [0, 0.05) is 38.9 Å². The summed E-state index contributed by atoms with van der Waals surface area (Å²) in [5.74, 6) is 0. The number of hydrogen-bond donors (Lipinski definition) is 0. The first kappa shape index (κ1) is 22.3. The summed E-state index contributed by atoms with van der Waals surface area (Å²) in [6.45, 7) is 13.7. The lowest BCUT2D eigenvalue weighted by molar-refractivity contribution is 1.18. The van der Waals surface area contributed by atoms with E-state index in [1.165, 1.54) is 94.5 Å². The molecule has 0 atom stereocenters. The predicted octanol–water partition coefficient (Wildman–Crippen LogP) is 10.6. The second-order valence-electron chi connectivity index (χ2n) is 9.79.